The first-order valence-corrected chi connectivity index (χ1v) is 7.06. The molecule has 0 aliphatic carbocycles. The Hall–Kier alpha value is -2.34. The molecular formula is C16H20N2O4. The largest absolute Gasteiger partial charge is 0.491 e. The maximum Gasteiger partial charge on any atom is 0.330 e. The van der Waals surface area contributed by atoms with E-state index in [9.17, 15) is 9.59 Å². The van der Waals surface area contributed by atoms with Crippen LogP contribution in [0.3, 0.4) is 0 Å². The van der Waals surface area contributed by atoms with E-state index in [2.05, 4.69) is 4.98 Å². The van der Waals surface area contributed by atoms with Gasteiger partial charge in [0.2, 0.25) is 0 Å². The van der Waals surface area contributed by atoms with Crippen molar-refractivity contribution < 1.29 is 9.47 Å². The molecule has 0 saturated heterocycles. The molecule has 0 atom stereocenters. The molecule has 2 aromatic rings. The number of benzene rings is 1. The third-order valence-corrected chi connectivity index (χ3v) is 3.49. The lowest BCUT2D eigenvalue weighted by atomic mass is 10.2. The SMILES string of the molecule is Cc1ccc(OCCOCn2c(C)c(C)c(=O)[nH]c2=O)cc1. The highest BCUT2D eigenvalue weighted by Gasteiger charge is 2.07. The Morgan fingerprint density at radius 3 is 2.41 bits per heavy atom. The van der Waals surface area contributed by atoms with Crippen LogP contribution in [0.5, 0.6) is 5.75 Å². The van der Waals surface area contributed by atoms with Crippen molar-refractivity contribution in [2.75, 3.05) is 13.2 Å². The number of rotatable bonds is 6. The molecule has 1 aromatic carbocycles. The third kappa shape index (κ3) is 3.85. The molecule has 0 radical (unpaired) electrons. The quantitative estimate of drug-likeness (QED) is 0.821. The summed E-state index contributed by atoms with van der Waals surface area (Å²) in [5.74, 6) is 0.780. The van der Waals surface area contributed by atoms with Gasteiger partial charge in [0.25, 0.3) is 5.56 Å². The van der Waals surface area contributed by atoms with E-state index >= 15 is 0 Å². The molecule has 0 aliphatic rings. The van der Waals surface area contributed by atoms with Crippen molar-refractivity contribution in [3.8, 4) is 5.75 Å². The van der Waals surface area contributed by atoms with Gasteiger partial charge in [0.1, 0.15) is 19.1 Å². The Bertz CT molecular complexity index is 744. The van der Waals surface area contributed by atoms with E-state index in [0.717, 1.165) is 5.75 Å². The molecule has 0 amide bonds. The van der Waals surface area contributed by atoms with Crippen molar-refractivity contribution in [3.63, 3.8) is 0 Å². The molecule has 0 fully saturated rings. The second-order valence-electron chi connectivity index (χ2n) is 5.10. The Morgan fingerprint density at radius 2 is 1.73 bits per heavy atom. The monoisotopic (exact) mass is 304 g/mol. The van der Waals surface area contributed by atoms with Crippen LogP contribution >= 0.6 is 0 Å². The van der Waals surface area contributed by atoms with Crippen LogP contribution in [0.15, 0.2) is 33.9 Å². The second-order valence-corrected chi connectivity index (χ2v) is 5.10. The van der Waals surface area contributed by atoms with E-state index < -0.39 is 5.69 Å². The van der Waals surface area contributed by atoms with Gasteiger partial charge in [-0.25, -0.2) is 4.79 Å². The fraction of sp³-hybridized carbons (Fsp3) is 0.375. The molecule has 118 valence electrons. The van der Waals surface area contributed by atoms with Crippen molar-refractivity contribution >= 4 is 0 Å². The number of ether oxygens (including phenoxy) is 2. The first-order chi connectivity index (χ1) is 10.5. The number of hydrogen-bond donors (Lipinski definition) is 1. The van der Waals surface area contributed by atoms with Crippen molar-refractivity contribution in [2.24, 2.45) is 0 Å². The summed E-state index contributed by atoms with van der Waals surface area (Å²) in [7, 11) is 0. The average molecular weight is 304 g/mol. The van der Waals surface area contributed by atoms with Gasteiger partial charge < -0.3 is 9.47 Å². The van der Waals surface area contributed by atoms with Crippen molar-refractivity contribution in [1.29, 1.82) is 0 Å². The molecule has 1 N–H and O–H groups in total. The van der Waals surface area contributed by atoms with E-state index in [0.29, 0.717) is 24.5 Å². The standard InChI is InChI=1S/C16H20N2O4/c1-11-4-6-14(7-5-11)22-9-8-21-10-18-13(3)12(2)15(19)17-16(18)20/h4-7H,8-10H2,1-3H3,(H,17,19,20). The van der Waals surface area contributed by atoms with Crippen LogP contribution in [0.4, 0.5) is 0 Å². The summed E-state index contributed by atoms with van der Waals surface area (Å²) in [5.41, 5.74) is 1.47. The number of aromatic nitrogens is 2. The van der Waals surface area contributed by atoms with E-state index in [4.69, 9.17) is 9.47 Å². The summed E-state index contributed by atoms with van der Waals surface area (Å²) in [6, 6.07) is 7.74. The summed E-state index contributed by atoms with van der Waals surface area (Å²) < 4.78 is 12.4. The zero-order valence-corrected chi connectivity index (χ0v) is 13.0. The lowest BCUT2D eigenvalue weighted by Gasteiger charge is -2.12. The fourth-order valence-corrected chi connectivity index (χ4v) is 1.94. The van der Waals surface area contributed by atoms with Crippen LogP contribution in [0.2, 0.25) is 0 Å². The Morgan fingerprint density at radius 1 is 1.05 bits per heavy atom. The highest BCUT2D eigenvalue weighted by Crippen LogP contribution is 2.10. The lowest BCUT2D eigenvalue weighted by Crippen LogP contribution is -2.34. The average Bonchev–Trinajstić information content (AvgIpc) is 2.49. The highest BCUT2D eigenvalue weighted by atomic mass is 16.5. The molecular weight excluding hydrogens is 284 g/mol. The van der Waals surface area contributed by atoms with Crippen LogP contribution in [0.1, 0.15) is 16.8 Å². The molecule has 0 saturated carbocycles. The topological polar surface area (TPSA) is 73.3 Å². The van der Waals surface area contributed by atoms with E-state index in [-0.39, 0.29) is 12.3 Å². The molecule has 0 spiro atoms. The van der Waals surface area contributed by atoms with Crippen LogP contribution < -0.4 is 16.0 Å². The normalized spacial score (nSPS) is 10.7. The van der Waals surface area contributed by atoms with Gasteiger partial charge in [-0.1, -0.05) is 17.7 Å². The maximum absolute atomic E-state index is 11.7. The molecule has 6 heteroatoms. The number of aromatic amines is 1. The molecule has 1 aromatic heterocycles. The molecule has 22 heavy (non-hydrogen) atoms. The minimum absolute atomic E-state index is 0.0829. The Labute approximate surface area is 128 Å². The van der Waals surface area contributed by atoms with E-state index in [1.54, 1.807) is 13.8 Å². The molecule has 0 bridgehead atoms. The van der Waals surface area contributed by atoms with Gasteiger partial charge in [0, 0.05) is 11.3 Å². The van der Waals surface area contributed by atoms with Gasteiger partial charge in [-0.05, 0) is 32.9 Å². The Balaban J connectivity index is 1.85. The first kappa shape index (κ1) is 16.0. The van der Waals surface area contributed by atoms with Crippen LogP contribution in [-0.4, -0.2) is 22.8 Å². The van der Waals surface area contributed by atoms with Crippen molar-refractivity contribution in [2.45, 2.75) is 27.5 Å². The fourth-order valence-electron chi connectivity index (χ4n) is 1.94. The highest BCUT2D eigenvalue weighted by molar-refractivity contribution is 5.26. The summed E-state index contributed by atoms with van der Waals surface area (Å²) in [6.07, 6.45) is 0. The summed E-state index contributed by atoms with van der Waals surface area (Å²) >= 11 is 0. The molecule has 0 unspecified atom stereocenters. The van der Waals surface area contributed by atoms with Gasteiger partial charge in [0.15, 0.2) is 0 Å². The first-order valence-electron chi connectivity index (χ1n) is 7.06. The number of aryl methyl sites for hydroxylation is 1. The van der Waals surface area contributed by atoms with Crippen molar-refractivity contribution in [3.05, 3.63) is 61.9 Å². The number of hydrogen-bond acceptors (Lipinski definition) is 4. The number of nitrogens with zero attached hydrogens (tertiary/aromatic N) is 1. The minimum Gasteiger partial charge on any atom is -0.491 e. The zero-order valence-electron chi connectivity index (χ0n) is 13.0. The molecule has 0 aliphatic heterocycles. The Kier molecular flexibility index (Phi) is 5.16. The van der Waals surface area contributed by atoms with E-state index in [1.165, 1.54) is 10.1 Å². The molecule has 6 nitrogen and oxygen atoms in total. The van der Waals surface area contributed by atoms with Crippen LogP contribution in [0, 0.1) is 20.8 Å². The van der Waals surface area contributed by atoms with Crippen molar-refractivity contribution in [1.82, 2.24) is 9.55 Å². The van der Waals surface area contributed by atoms with E-state index in [1.807, 2.05) is 31.2 Å². The van der Waals surface area contributed by atoms with Gasteiger partial charge >= 0.3 is 5.69 Å². The van der Waals surface area contributed by atoms with Crippen LogP contribution in [-0.2, 0) is 11.5 Å². The number of nitrogens with one attached hydrogen (secondary N) is 1. The molecule has 2 rings (SSSR count). The molecule has 1 heterocycles. The minimum atomic E-state index is -0.465. The summed E-state index contributed by atoms with van der Waals surface area (Å²) in [5, 5.41) is 0. The zero-order chi connectivity index (χ0) is 16.1. The maximum atomic E-state index is 11.7. The van der Waals surface area contributed by atoms with Gasteiger partial charge in [-0.2, -0.15) is 0 Å². The smallest absolute Gasteiger partial charge is 0.330 e. The summed E-state index contributed by atoms with van der Waals surface area (Å²) in [6.45, 7) is 6.22. The van der Waals surface area contributed by atoms with Gasteiger partial charge in [-0.3, -0.25) is 14.3 Å². The van der Waals surface area contributed by atoms with Crippen LogP contribution in [0.25, 0.3) is 0 Å². The summed E-state index contributed by atoms with van der Waals surface area (Å²) in [4.78, 5) is 25.4. The third-order valence-electron chi connectivity index (χ3n) is 3.49. The van der Waals surface area contributed by atoms with Gasteiger partial charge in [0.05, 0.1) is 6.61 Å². The lowest BCUT2D eigenvalue weighted by molar-refractivity contribution is 0.0500. The van der Waals surface area contributed by atoms with Gasteiger partial charge in [-0.15, -0.1) is 0 Å². The predicted molar refractivity (Wildman–Crippen MR) is 83.4 cm³/mol. The predicted octanol–water partition coefficient (Wildman–Crippen LogP) is 1.51. The number of H-pyrrole nitrogens is 1. The second kappa shape index (κ2) is 7.09.